The van der Waals surface area contributed by atoms with Gasteiger partial charge in [0.2, 0.25) is 0 Å². The maximum absolute atomic E-state index is 14.4. The Labute approximate surface area is 150 Å². The molecule has 1 saturated carbocycles. The normalized spacial score (nSPS) is 15.6. The molecule has 0 unspecified atom stereocenters. The zero-order valence-electron chi connectivity index (χ0n) is 14.0. The lowest BCUT2D eigenvalue weighted by Gasteiger charge is -2.32. The van der Waals surface area contributed by atoms with Crippen LogP contribution >= 0.6 is 11.6 Å². The van der Waals surface area contributed by atoms with Crippen molar-refractivity contribution in [2.45, 2.75) is 38.1 Å². The number of hydrogen-bond acceptors (Lipinski definition) is 4. The third-order valence-electron chi connectivity index (χ3n) is 4.92. The van der Waals surface area contributed by atoms with Crippen molar-refractivity contribution >= 4 is 28.5 Å². The number of rotatable bonds is 3. The van der Waals surface area contributed by atoms with Crippen LogP contribution in [0.25, 0.3) is 22.4 Å². The first-order valence-corrected chi connectivity index (χ1v) is 8.89. The lowest BCUT2D eigenvalue weighted by atomic mass is 9.94. The predicted molar refractivity (Wildman–Crippen MR) is 97.4 cm³/mol. The number of aromatic amines is 1. The van der Waals surface area contributed by atoms with E-state index < -0.39 is 5.82 Å². The second kappa shape index (κ2) is 6.59. The standard InChI is InChI=1S/C18H19ClFN5/c1-25(12-5-3-2-4-6-12)18-15(20)10-23-17(24-18)14-9-22-16-13(14)7-11(19)8-21-16/h7-10,12H,2-6H2,1H3,(H,21,22). The molecule has 0 radical (unpaired) electrons. The molecule has 0 amide bonds. The number of halogens is 2. The van der Waals surface area contributed by atoms with Crippen LogP contribution in [0.4, 0.5) is 10.2 Å². The van der Waals surface area contributed by atoms with Gasteiger partial charge in [0.15, 0.2) is 17.5 Å². The van der Waals surface area contributed by atoms with E-state index in [0.717, 1.165) is 23.8 Å². The fourth-order valence-electron chi connectivity index (χ4n) is 3.54. The number of aromatic nitrogens is 4. The van der Waals surface area contributed by atoms with E-state index in [9.17, 15) is 4.39 Å². The Hall–Kier alpha value is -2.21. The Balaban J connectivity index is 1.74. The molecule has 0 aliphatic heterocycles. The summed E-state index contributed by atoms with van der Waals surface area (Å²) in [4.78, 5) is 18.0. The van der Waals surface area contributed by atoms with Crippen molar-refractivity contribution < 1.29 is 4.39 Å². The molecule has 0 atom stereocenters. The molecule has 0 aromatic carbocycles. The summed E-state index contributed by atoms with van der Waals surface area (Å²) >= 11 is 6.06. The maximum atomic E-state index is 14.4. The minimum Gasteiger partial charge on any atom is -0.354 e. The van der Waals surface area contributed by atoms with Crippen molar-refractivity contribution in [2.75, 3.05) is 11.9 Å². The van der Waals surface area contributed by atoms with Crippen molar-refractivity contribution in [3.63, 3.8) is 0 Å². The number of fused-ring (bicyclic) bond motifs is 1. The molecule has 3 aromatic rings. The molecular weight excluding hydrogens is 341 g/mol. The summed E-state index contributed by atoms with van der Waals surface area (Å²) in [7, 11) is 1.92. The first-order valence-electron chi connectivity index (χ1n) is 8.52. The molecule has 0 spiro atoms. The molecule has 4 rings (SSSR count). The van der Waals surface area contributed by atoms with Gasteiger partial charge in [0.05, 0.1) is 11.2 Å². The van der Waals surface area contributed by atoms with Crippen LogP contribution in [0.3, 0.4) is 0 Å². The Kier molecular flexibility index (Phi) is 4.29. The third kappa shape index (κ3) is 3.06. The largest absolute Gasteiger partial charge is 0.354 e. The van der Waals surface area contributed by atoms with E-state index in [-0.39, 0.29) is 0 Å². The average Bonchev–Trinajstić information content (AvgIpc) is 3.05. The molecule has 5 nitrogen and oxygen atoms in total. The van der Waals surface area contributed by atoms with E-state index >= 15 is 0 Å². The van der Waals surface area contributed by atoms with Crippen LogP contribution < -0.4 is 4.90 Å². The quantitative estimate of drug-likeness (QED) is 0.743. The van der Waals surface area contributed by atoms with Crippen LogP contribution in [-0.2, 0) is 0 Å². The van der Waals surface area contributed by atoms with Gasteiger partial charge in [0.1, 0.15) is 5.65 Å². The molecule has 0 saturated heterocycles. The van der Waals surface area contributed by atoms with Gasteiger partial charge in [-0.15, -0.1) is 0 Å². The van der Waals surface area contributed by atoms with Crippen LogP contribution in [0.1, 0.15) is 32.1 Å². The zero-order chi connectivity index (χ0) is 17.4. The van der Waals surface area contributed by atoms with Crippen molar-refractivity contribution in [1.29, 1.82) is 0 Å². The first-order chi connectivity index (χ1) is 12.1. The van der Waals surface area contributed by atoms with E-state index in [0.29, 0.717) is 28.4 Å². The Morgan fingerprint density at radius 3 is 2.80 bits per heavy atom. The topological polar surface area (TPSA) is 57.7 Å². The van der Waals surface area contributed by atoms with Gasteiger partial charge in [-0.05, 0) is 18.9 Å². The zero-order valence-corrected chi connectivity index (χ0v) is 14.7. The molecule has 1 N–H and O–H groups in total. The number of anilines is 1. The highest BCUT2D eigenvalue weighted by Gasteiger charge is 2.23. The number of pyridine rings is 1. The van der Waals surface area contributed by atoms with Gasteiger partial charge in [-0.2, -0.15) is 0 Å². The van der Waals surface area contributed by atoms with E-state index in [2.05, 4.69) is 19.9 Å². The first kappa shape index (κ1) is 16.3. The van der Waals surface area contributed by atoms with Gasteiger partial charge in [0.25, 0.3) is 0 Å². The number of nitrogens with one attached hydrogen (secondary N) is 1. The van der Waals surface area contributed by atoms with Gasteiger partial charge < -0.3 is 9.88 Å². The summed E-state index contributed by atoms with van der Waals surface area (Å²) in [6, 6.07) is 2.14. The summed E-state index contributed by atoms with van der Waals surface area (Å²) in [5, 5.41) is 1.36. The summed E-state index contributed by atoms with van der Waals surface area (Å²) in [6.45, 7) is 0. The van der Waals surface area contributed by atoms with E-state index in [1.54, 1.807) is 12.4 Å². The number of hydrogen-bond donors (Lipinski definition) is 1. The van der Waals surface area contributed by atoms with E-state index in [4.69, 9.17) is 11.6 Å². The smallest absolute Gasteiger partial charge is 0.183 e. The second-order valence-corrected chi connectivity index (χ2v) is 6.96. The second-order valence-electron chi connectivity index (χ2n) is 6.52. The van der Waals surface area contributed by atoms with E-state index in [1.807, 2.05) is 18.0 Å². The number of nitrogens with zero attached hydrogens (tertiary/aromatic N) is 4. The van der Waals surface area contributed by atoms with Crippen LogP contribution in [0.2, 0.25) is 5.02 Å². The van der Waals surface area contributed by atoms with Crippen LogP contribution in [0, 0.1) is 5.82 Å². The van der Waals surface area contributed by atoms with Crippen molar-refractivity contribution in [2.24, 2.45) is 0 Å². The Morgan fingerprint density at radius 2 is 2.00 bits per heavy atom. The molecular formula is C18H19ClFN5. The summed E-state index contributed by atoms with van der Waals surface area (Å²) in [5.41, 5.74) is 1.47. The molecule has 3 aromatic heterocycles. The minimum absolute atomic E-state index is 0.324. The molecule has 1 fully saturated rings. The highest BCUT2D eigenvalue weighted by Crippen LogP contribution is 2.30. The summed E-state index contributed by atoms with van der Waals surface area (Å²) in [6.07, 6.45) is 10.4. The predicted octanol–water partition coefficient (Wildman–Crippen LogP) is 4.58. The van der Waals surface area contributed by atoms with Crippen LogP contribution in [0.15, 0.2) is 24.7 Å². The monoisotopic (exact) mass is 359 g/mol. The molecule has 3 heterocycles. The highest BCUT2D eigenvalue weighted by atomic mass is 35.5. The van der Waals surface area contributed by atoms with Gasteiger partial charge in [-0.1, -0.05) is 30.9 Å². The summed E-state index contributed by atoms with van der Waals surface area (Å²) in [5.74, 6) is 0.420. The minimum atomic E-state index is -0.396. The Morgan fingerprint density at radius 1 is 1.20 bits per heavy atom. The fourth-order valence-corrected chi connectivity index (χ4v) is 3.70. The number of H-pyrrole nitrogens is 1. The lowest BCUT2D eigenvalue weighted by Crippen LogP contribution is -2.34. The average molecular weight is 360 g/mol. The molecule has 1 aliphatic rings. The van der Waals surface area contributed by atoms with Gasteiger partial charge in [-0.25, -0.2) is 19.3 Å². The third-order valence-corrected chi connectivity index (χ3v) is 5.13. The molecule has 130 valence electrons. The summed E-state index contributed by atoms with van der Waals surface area (Å²) < 4.78 is 14.4. The molecule has 1 aliphatic carbocycles. The van der Waals surface area contributed by atoms with Gasteiger partial charge in [-0.3, -0.25) is 0 Å². The van der Waals surface area contributed by atoms with Gasteiger partial charge in [0, 0.05) is 36.4 Å². The van der Waals surface area contributed by atoms with Crippen LogP contribution in [-0.4, -0.2) is 33.0 Å². The SMILES string of the molecule is CN(c1nc(-c2c[nH]c3ncc(Cl)cc23)ncc1F)C1CCCCC1. The molecule has 0 bridgehead atoms. The Bertz CT molecular complexity index is 904. The van der Waals surface area contributed by atoms with Crippen LogP contribution in [0.5, 0.6) is 0 Å². The van der Waals surface area contributed by atoms with E-state index in [1.165, 1.54) is 25.5 Å². The van der Waals surface area contributed by atoms with Crippen molar-refractivity contribution in [3.8, 4) is 11.4 Å². The highest BCUT2D eigenvalue weighted by molar-refractivity contribution is 6.31. The lowest BCUT2D eigenvalue weighted by molar-refractivity contribution is 0.422. The van der Waals surface area contributed by atoms with Gasteiger partial charge >= 0.3 is 0 Å². The maximum Gasteiger partial charge on any atom is 0.183 e. The van der Waals surface area contributed by atoms with Crippen molar-refractivity contribution in [3.05, 3.63) is 35.5 Å². The molecule has 7 heteroatoms. The molecule has 25 heavy (non-hydrogen) atoms. The fraction of sp³-hybridized carbons (Fsp3) is 0.389. The van der Waals surface area contributed by atoms with Crippen molar-refractivity contribution in [1.82, 2.24) is 19.9 Å².